The summed E-state index contributed by atoms with van der Waals surface area (Å²) in [6.45, 7) is 12.4. The molecule has 2 aliphatic heterocycles. The predicted molar refractivity (Wildman–Crippen MR) is 131 cm³/mol. The Kier molecular flexibility index (Phi) is 6.56. The van der Waals surface area contributed by atoms with Gasteiger partial charge < -0.3 is 19.4 Å². The Bertz CT molecular complexity index is 967. The quantitative estimate of drug-likeness (QED) is 0.679. The van der Waals surface area contributed by atoms with Crippen molar-refractivity contribution in [3.05, 3.63) is 71.0 Å². The fraction of sp³-hybridized carbons (Fsp3) is 0.444. The number of piperazine rings is 1. The summed E-state index contributed by atoms with van der Waals surface area (Å²) in [6, 6.07) is 16.9. The number of morpholine rings is 1. The first-order valence-corrected chi connectivity index (χ1v) is 11.6. The van der Waals surface area contributed by atoms with Gasteiger partial charge in [-0.3, -0.25) is 4.79 Å². The van der Waals surface area contributed by atoms with Crippen LogP contribution in [0.1, 0.15) is 37.5 Å². The first-order chi connectivity index (χ1) is 15.3. The molecule has 2 aromatic carbocycles. The number of hydrogen-bond acceptors (Lipinski definition) is 4. The van der Waals surface area contributed by atoms with Crippen LogP contribution < -0.4 is 4.90 Å². The van der Waals surface area contributed by atoms with Crippen molar-refractivity contribution in [2.24, 2.45) is 0 Å². The third-order valence-electron chi connectivity index (χ3n) is 6.38. The van der Waals surface area contributed by atoms with Gasteiger partial charge in [0.25, 0.3) is 5.91 Å². The topological polar surface area (TPSA) is 36.0 Å². The Balaban J connectivity index is 1.50. The number of ether oxygens (including phenoxy) is 1. The van der Waals surface area contributed by atoms with E-state index in [0.29, 0.717) is 25.5 Å². The molecule has 0 atom stereocenters. The minimum absolute atomic E-state index is 0.0377. The first-order valence-electron chi connectivity index (χ1n) is 11.6. The number of nitrogens with zero attached hydrogens (tertiary/aromatic N) is 3. The lowest BCUT2D eigenvalue weighted by Crippen LogP contribution is -2.44. The van der Waals surface area contributed by atoms with E-state index in [1.54, 1.807) is 0 Å². The van der Waals surface area contributed by atoms with Gasteiger partial charge in [0.05, 0.1) is 6.54 Å². The number of amides is 1. The fourth-order valence-electron chi connectivity index (χ4n) is 4.26. The van der Waals surface area contributed by atoms with E-state index >= 15 is 0 Å². The summed E-state index contributed by atoms with van der Waals surface area (Å²) in [5.41, 5.74) is 4.78. The van der Waals surface area contributed by atoms with Crippen LogP contribution in [0.5, 0.6) is 0 Å². The van der Waals surface area contributed by atoms with Gasteiger partial charge in [0, 0.05) is 44.0 Å². The lowest BCUT2D eigenvalue weighted by Gasteiger charge is -2.35. The zero-order chi connectivity index (χ0) is 22.7. The van der Waals surface area contributed by atoms with Crippen LogP contribution in [0.25, 0.3) is 6.08 Å². The van der Waals surface area contributed by atoms with Crippen molar-refractivity contribution in [3.63, 3.8) is 0 Å². The molecule has 0 unspecified atom stereocenters. The first kappa shape index (κ1) is 22.4. The highest BCUT2D eigenvalue weighted by molar-refractivity contribution is 5.97. The average Bonchev–Trinajstić information content (AvgIpc) is 2.77. The molecule has 2 saturated heterocycles. The van der Waals surface area contributed by atoms with Gasteiger partial charge in [-0.1, -0.05) is 63.2 Å². The summed E-state index contributed by atoms with van der Waals surface area (Å²) in [5.74, 6) is 0.397. The molecule has 32 heavy (non-hydrogen) atoms. The van der Waals surface area contributed by atoms with Crippen LogP contribution in [0.4, 0.5) is 5.69 Å². The van der Waals surface area contributed by atoms with E-state index in [9.17, 15) is 4.79 Å². The molecule has 0 radical (unpaired) electrons. The third-order valence-corrected chi connectivity index (χ3v) is 6.38. The second-order valence-electron chi connectivity index (χ2n) is 9.88. The molecule has 0 spiro atoms. The third kappa shape index (κ3) is 5.16. The van der Waals surface area contributed by atoms with Gasteiger partial charge >= 0.3 is 0 Å². The molecule has 1 amide bonds. The molecule has 2 aliphatic rings. The van der Waals surface area contributed by atoms with Gasteiger partial charge in [0.15, 0.2) is 5.76 Å². The maximum atomic E-state index is 13.2. The van der Waals surface area contributed by atoms with E-state index in [-0.39, 0.29) is 11.3 Å². The maximum absolute atomic E-state index is 13.2. The van der Waals surface area contributed by atoms with Gasteiger partial charge in [0.2, 0.25) is 0 Å². The number of benzene rings is 2. The zero-order valence-electron chi connectivity index (χ0n) is 19.8. The second kappa shape index (κ2) is 9.37. The van der Waals surface area contributed by atoms with Crippen LogP contribution in [0.3, 0.4) is 0 Å². The van der Waals surface area contributed by atoms with Crippen LogP contribution in [-0.4, -0.2) is 62.1 Å². The monoisotopic (exact) mass is 433 g/mol. The normalized spacial score (nSPS) is 19.4. The Morgan fingerprint density at radius 2 is 1.62 bits per heavy atom. The summed E-state index contributed by atoms with van der Waals surface area (Å²) in [7, 11) is 2.16. The summed E-state index contributed by atoms with van der Waals surface area (Å²) in [6.07, 6.45) is 1.92. The van der Waals surface area contributed by atoms with Gasteiger partial charge in [-0.05, 0) is 35.7 Å². The lowest BCUT2D eigenvalue weighted by molar-refractivity contribution is -0.136. The zero-order valence-corrected chi connectivity index (χ0v) is 19.8. The van der Waals surface area contributed by atoms with Crippen LogP contribution >= 0.6 is 0 Å². The fourth-order valence-corrected chi connectivity index (χ4v) is 4.26. The average molecular weight is 434 g/mol. The number of anilines is 1. The number of carbonyl (C=O) groups excluding carboxylic acids is 1. The molecule has 2 fully saturated rings. The molecule has 2 heterocycles. The highest BCUT2D eigenvalue weighted by Gasteiger charge is 2.26. The largest absolute Gasteiger partial charge is 0.486 e. The van der Waals surface area contributed by atoms with Crippen molar-refractivity contribution in [1.82, 2.24) is 9.80 Å². The molecular weight excluding hydrogens is 398 g/mol. The van der Waals surface area contributed by atoms with Crippen molar-refractivity contribution in [3.8, 4) is 0 Å². The second-order valence-corrected chi connectivity index (χ2v) is 9.88. The molecule has 2 aromatic rings. The number of para-hydroxylation sites is 1. The van der Waals surface area contributed by atoms with E-state index in [1.165, 1.54) is 11.3 Å². The lowest BCUT2D eigenvalue weighted by atomic mass is 9.87. The molecule has 0 aromatic heterocycles. The minimum atomic E-state index is -0.0377. The summed E-state index contributed by atoms with van der Waals surface area (Å²) >= 11 is 0. The summed E-state index contributed by atoms with van der Waals surface area (Å²) < 4.78 is 5.83. The Labute approximate surface area is 192 Å². The Hall–Kier alpha value is -2.79. The van der Waals surface area contributed by atoms with E-state index in [2.05, 4.69) is 80.1 Å². The van der Waals surface area contributed by atoms with Crippen molar-refractivity contribution in [2.75, 3.05) is 51.3 Å². The summed E-state index contributed by atoms with van der Waals surface area (Å²) in [4.78, 5) is 19.8. The van der Waals surface area contributed by atoms with E-state index in [1.807, 2.05) is 17.0 Å². The molecule has 0 N–H and O–H groups in total. The van der Waals surface area contributed by atoms with Gasteiger partial charge in [-0.15, -0.1) is 0 Å². The molecule has 5 heteroatoms. The van der Waals surface area contributed by atoms with Crippen LogP contribution in [0.2, 0.25) is 0 Å². The highest BCUT2D eigenvalue weighted by Crippen LogP contribution is 2.27. The molecule has 5 nitrogen and oxygen atoms in total. The smallest absolute Gasteiger partial charge is 0.289 e. The van der Waals surface area contributed by atoms with Crippen molar-refractivity contribution < 1.29 is 9.53 Å². The molecule has 0 aliphatic carbocycles. The predicted octanol–water partition coefficient (Wildman–Crippen LogP) is 4.14. The molecular formula is C27H35N3O2. The van der Waals surface area contributed by atoms with E-state index < -0.39 is 0 Å². The van der Waals surface area contributed by atoms with Crippen LogP contribution in [0, 0.1) is 0 Å². The van der Waals surface area contributed by atoms with Gasteiger partial charge in [-0.25, -0.2) is 0 Å². The van der Waals surface area contributed by atoms with Crippen molar-refractivity contribution >= 4 is 17.7 Å². The van der Waals surface area contributed by atoms with Crippen LogP contribution in [-0.2, 0) is 21.5 Å². The number of likely N-dealkylation sites (N-methyl/N-ethyl adjacent to an activating group) is 1. The standard InChI is InChI=1S/C27H35N3O2/c1-27(2,3)23-11-9-21(10-12-23)20-30-17-18-32-25(26(30)31)19-22-7-5-6-8-24(22)29-15-13-28(4)14-16-29/h5-12,19H,13-18,20H2,1-4H3. The minimum Gasteiger partial charge on any atom is -0.486 e. The van der Waals surface area contributed by atoms with E-state index in [0.717, 1.165) is 37.3 Å². The molecule has 4 rings (SSSR count). The summed E-state index contributed by atoms with van der Waals surface area (Å²) in [5, 5.41) is 0. The number of hydrogen-bond donors (Lipinski definition) is 0. The van der Waals surface area contributed by atoms with Gasteiger partial charge in [-0.2, -0.15) is 0 Å². The molecule has 0 bridgehead atoms. The van der Waals surface area contributed by atoms with Crippen molar-refractivity contribution in [1.29, 1.82) is 0 Å². The molecule has 170 valence electrons. The molecule has 0 saturated carbocycles. The van der Waals surface area contributed by atoms with Gasteiger partial charge in [0.1, 0.15) is 6.61 Å². The SMILES string of the molecule is CN1CCN(c2ccccc2C=C2OCCN(Cc3ccc(C(C)(C)C)cc3)C2=O)CC1. The number of carbonyl (C=O) groups is 1. The maximum Gasteiger partial charge on any atom is 0.289 e. The van der Waals surface area contributed by atoms with Crippen molar-refractivity contribution in [2.45, 2.75) is 32.7 Å². The van der Waals surface area contributed by atoms with E-state index in [4.69, 9.17) is 4.74 Å². The highest BCUT2D eigenvalue weighted by atomic mass is 16.5. The number of rotatable bonds is 4. The Morgan fingerprint density at radius 3 is 2.31 bits per heavy atom. The Morgan fingerprint density at radius 1 is 0.938 bits per heavy atom. The van der Waals surface area contributed by atoms with Crippen LogP contribution in [0.15, 0.2) is 54.3 Å².